The maximum absolute atomic E-state index is 5.57. The molecule has 1 aliphatic heterocycles. The van der Waals surface area contributed by atoms with Gasteiger partial charge in [0.05, 0.1) is 12.7 Å². The van der Waals surface area contributed by atoms with Crippen LogP contribution >= 0.6 is 0 Å². The van der Waals surface area contributed by atoms with Gasteiger partial charge in [0.1, 0.15) is 0 Å². The highest BCUT2D eigenvalue weighted by Crippen LogP contribution is 2.14. The van der Waals surface area contributed by atoms with E-state index < -0.39 is 0 Å². The Labute approximate surface area is 119 Å². The molecule has 0 amide bonds. The number of rotatable bonds is 8. The van der Waals surface area contributed by atoms with Crippen LogP contribution in [0.3, 0.4) is 0 Å². The molecule has 0 spiro atoms. The van der Waals surface area contributed by atoms with Crippen molar-refractivity contribution in [3.63, 3.8) is 0 Å². The predicted octanol–water partition coefficient (Wildman–Crippen LogP) is 1.68. The molecular formula is C13H23N5O2. The van der Waals surface area contributed by atoms with E-state index in [1.807, 2.05) is 6.92 Å². The highest BCUT2D eigenvalue weighted by molar-refractivity contribution is 5.35. The molecule has 0 radical (unpaired) electrons. The standard InChI is InChI=1S/C13H23N5O2/c1-3-7-14-11-16-12(18-13(17-11)19-4-2)15-9-10-6-5-8-20-10/h10H,3-9H2,1-2H3,(H2,14,15,16,17,18). The molecule has 2 rings (SSSR count). The third-order valence-corrected chi connectivity index (χ3v) is 2.93. The quantitative estimate of drug-likeness (QED) is 0.750. The van der Waals surface area contributed by atoms with Crippen LogP contribution < -0.4 is 15.4 Å². The summed E-state index contributed by atoms with van der Waals surface area (Å²) in [4.78, 5) is 12.8. The van der Waals surface area contributed by atoms with E-state index in [9.17, 15) is 0 Å². The first-order valence-corrected chi connectivity index (χ1v) is 7.30. The van der Waals surface area contributed by atoms with E-state index in [4.69, 9.17) is 9.47 Å². The number of anilines is 2. The van der Waals surface area contributed by atoms with Crippen molar-refractivity contribution in [2.24, 2.45) is 0 Å². The third kappa shape index (κ3) is 4.48. The van der Waals surface area contributed by atoms with Crippen LogP contribution in [0.15, 0.2) is 0 Å². The van der Waals surface area contributed by atoms with Crippen LogP contribution in [0, 0.1) is 0 Å². The number of ether oxygens (including phenoxy) is 2. The van der Waals surface area contributed by atoms with E-state index in [1.54, 1.807) is 0 Å². The maximum Gasteiger partial charge on any atom is 0.323 e. The molecule has 0 aromatic carbocycles. The average molecular weight is 281 g/mol. The summed E-state index contributed by atoms with van der Waals surface area (Å²) in [6, 6.07) is 0.343. The minimum atomic E-state index is 0.245. The second kappa shape index (κ2) is 7.84. The second-order valence-corrected chi connectivity index (χ2v) is 4.64. The summed E-state index contributed by atoms with van der Waals surface area (Å²) in [7, 11) is 0. The topological polar surface area (TPSA) is 81.2 Å². The molecule has 20 heavy (non-hydrogen) atoms. The molecule has 1 aromatic rings. The van der Waals surface area contributed by atoms with Gasteiger partial charge in [-0.2, -0.15) is 15.0 Å². The first-order valence-electron chi connectivity index (χ1n) is 7.30. The van der Waals surface area contributed by atoms with Crippen LogP contribution in [0.25, 0.3) is 0 Å². The summed E-state index contributed by atoms with van der Waals surface area (Å²) in [6.45, 7) is 6.90. The molecule has 7 nitrogen and oxygen atoms in total. The van der Waals surface area contributed by atoms with Crippen LogP contribution in [-0.4, -0.2) is 47.4 Å². The van der Waals surface area contributed by atoms with Gasteiger partial charge in [-0.1, -0.05) is 6.92 Å². The summed E-state index contributed by atoms with van der Waals surface area (Å²) in [5, 5.41) is 6.34. The van der Waals surface area contributed by atoms with E-state index in [2.05, 4.69) is 32.5 Å². The molecule has 1 atom stereocenters. The van der Waals surface area contributed by atoms with Crippen molar-refractivity contribution >= 4 is 11.9 Å². The molecule has 0 aliphatic carbocycles. The monoisotopic (exact) mass is 281 g/mol. The second-order valence-electron chi connectivity index (χ2n) is 4.64. The molecule has 1 fully saturated rings. The normalized spacial score (nSPS) is 18.0. The van der Waals surface area contributed by atoms with Gasteiger partial charge in [-0.15, -0.1) is 0 Å². The molecule has 1 unspecified atom stereocenters. The Bertz CT molecular complexity index is 410. The van der Waals surface area contributed by atoms with Crippen molar-refractivity contribution in [2.45, 2.75) is 39.2 Å². The molecule has 2 heterocycles. The lowest BCUT2D eigenvalue weighted by Gasteiger charge is -2.12. The lowest BCUT2D eigenvalue weighted by atomic mass is 10.2. The van der Waals surface area contributed by atoms with Gasteiger partial charge in [0.2, 0.25) is 11.9 Å². The number of hydrogen-bond donors (Lipinski definition) is 2. The molecular weight excluding hydrogens is 258 g/mol. The Hall–Kier alpha value is -1.63. The van der Waals surface area contributed by atoms with Crippen molar-refractivity contribution in [3.05, 3.63) is 0 Å². The fourth-order valence-corrected chi connectivity index (χ4v) is 1.96. The van der Waals surface area contributed by atoms with Gasteiger partial charge in [0.25, 0.3) is 0 Å². The summed E-state index contributed by atoms with van der Waals surface area (Å²) in [5.41, 5.74) is 0. The van der Waals surface area contributed by atoms with Crippen molar-refractivity contribution < 1.29 is 9.47 Å². The summed E-state index contributed by atoms with van der Waals surface area (Å²) >= 11 is 0. The highest BCUT2D eigenvalue weighted by Gasteiger charge is 2.16. The first-order chi connectivity index (χ1) is 9.81. The molecule has 1 aromatic heterocycles. The summed E-state index contributed by atoms with van der Waals surface area (Å²) < 4.78 is 10.9. The minimum absolute atomic E-state index is 0.245. The molecule has 0 bridgehead atoms. The molecule has 2 N–H and O–H groups in total. The van der Waals surface area contributed by atoms with E-state index in [1.165, 1.54) is 0 Å². The number of nitrogens with zero attached hydrogens (tertiary/aromatic N) is 3. The van der Waals surface area contributed by atoms with E-state index in [0.29, 0.717) is 31.1 Å². The fourth-order valence-electron chi connectivity index (χ4n) is 1.96. The zero-order valence-electron chi connectivity index (χ0n) is 12.2. The van der Waals surface area contributed by atoms with Gasteiger partial charge in [-0.25, -0.2) is 0 Å². The van der Waals surface area contributed by atoms with E-state index >= 15 is 0 Å². The van der Waals surface area contributed by atoms with Gasteiger partial charge in [-0.05, 0) is 26.2 Å². The summed E-state index contributed by atoms with van der Waals surface area (Å²) in [5.74, 6) is 1.07. The van der Waals surface area contributed by atoms with Crippen molar-refractivity contribution in [2.75, 3.05) is 36.9 Å². The lowest BCUT2D eigenvalue weighted by Crippen LogP contribution is -2.20. The van der Waals surface area contributed by atoms with Crippen molar-refractivity contribution in [1.29, 1.82) is 0 Å². The Kier molecular flexibility index (Phi) is 5.79. The number of hydrogen-bond acceptors (Lipinski definition) is 7. The minimum Gasteiger partial charge on any atom is -0.464 e. The largest absolute Gasteiger partial charge is 0.464 e. The smallest absolute Gasteiger partial charge is 0.323 e. The third-order valence-electron chi connectivity index (χ3n) is 2.93. The van der Waals surface area contributed by atoms with Gasteiger partial charge in [0.15, 0.2) is 0 Å². The Balaban J connectivity index is 1.98. The average Bonchev–Trinajstić information content (AvgIpc) is 2.96. The highest BCUT2D eigenvalue weighted by atomic mass is 16.5. The zero-order valence-corrected chi connectivity index (χ0v) is 12.2. The van der Waals surface area contributed by atoms with Gasteiger partial charge >= 0.3 is 6.01 Å². The molecule has 0 saturated carbocycles. The Morgan fingerprint density at radius 2 is 2.00 bits per heavy atom. The molecule has 1 saturated heterocycles. The number of nitrogens with one attached hydrogen (secondary N) is 2. The lowest BCUT2D eigenvalue weighted by molar-refractivity contribution is 0.120. The SMILES string of the molecule is CCCNc1nc(NCC2CCCO2)nc(OCC)n1. The Morgan fingerprint density at radius 3 is 2.65 bits per heavy atom. The fraction of sp³-hybridized carbons (Fsp3) is 0.769. The van der Waals surface area contributed by atoms with Gasteiger partial charge in [0, 0.05) is 19.7 Å². The number of aromatic nitrogens is 3. The molecule has 1 aliphatic rings. The Morgan fingerprint density at radius 1 is 1.20 bits per heavy atom. The first kappa shape index (κ1) is 14.8. The van der Waals surface area contributed by atoms with Gasteiger partial charge < -0.3 is 20.1 Å². The van der Waals surface area contributed by atoms with Crippen molar-refractivity contribution in [1.82, 2.24) is 15.0 Å². The zero-order chi connectivity index (χ0) is 14.2. The van der Waals surface area contributed by atoms with E-state index in [0.717, 1.165) is 32.4 Å². The molecule has 112 valence electrons. The maximum atomic E-state index is 5.57. The summed E-state index contributed by atoms with van der Waals surface area (Å²) in [6.07, 6.45) is 3.46. The van der Waals surface area contributed by atoms with Gasteiger partial charge in [-0.3, -0.25) is 0 Å². The van der Waals surface area contributed by atoms with Crippen molar-refractivity contribution in [3.8, 4) is 6.01 Å². The van der Waals surface area contributed by atoms with E-state index in [-0.39, 0.29) is 6.10 Å². The van der Waals surface area contributed by atoms with Crippen LogP contribution in [0.5, 0.6) is 6.01 Å². The van der Waals surface area contributed by atoms with Crippen LogP contribution in [-0.2, 0) is 4.74 Å². The van der Waals surface area contributed by atoms with Crippen LogP contribution in [0.4, 0.5) is 11.9 Å². The molecule has 7 heteroatoms. The predicted molar refractivity (Wildman–Crippen MR) is 77.2 cm³/mol. The van der Waals surface area contributed by atoms with Crippen LogP contribution in [0.1, 0.15) is 33.1 Å². The van der Waals surface area contributed by atoms with Crippen LogP contribution in [0.2, 0.25) is 0 Å².